The van der Waals surface area contributed by atoms with Crippen LogP contribution >= 0.6 is 0 Å². The molecule has 1 rings (SSSR count). The highest BCUT2D eigenvalue weighted by molar-refractivity contribution is 5.72. The number of hydrogen-bond donors (Lipinski definition) is 0. The largest absolute Gasteiger partial charge is 0.633 e. The third-order valence-electron chi connectivity index (χ3n) is 2.68. The van der Waals surface area contributed by atoms with Gasteiger partial charge in [0.1, 0.15) is 0 Å². The molecule has 4 nitrogen and oxygen atoms in total. The van der Waals surface area contributed by atoms with Crippen molar-refractivity contribution >= 4 is 5.97 Å². The second kappa shape index (κ2) is 4.75. The standard InChI is InChI=1S/C10H19NO3/c1-3-8-14-10(12)9-4-6-11(2,13)7-5-9/h9H,3-8H2,1-2H3. The third-order valence-corrected chi connectivity index (χ3v) is 2.68. The van der Waals surface area contributed by atoms with Gasteiger partial charge in [0.2, 0.25) is 0 Å². The lowest BCUT2D eigenvalue weighted by atomic mass is 9.97. The van der Waals surface area contributed by atoms with E-state index in [0.29, 0.717) is 32.5 Å². The minimum absolute atomic E-state index is 0.0401. The molecule has 0 amide bonds. The number of esters is 1. The van der Waals surface area contributed by atoms with Gasteiger partial charge in [0.25, 0.3) is 0 Å². The van der Waals surface area contributed by atoms with Gasteiger partial charge in [-0.25, -0.2) is 0 Å². The summed E-state index contributed by atoms with van der Waals surface area (Å²) in [4.78, 5) is 11.4. The Balaban J connectivity index is 2.30. The van der Waals surface area contributed by atoms with Crippen LogP contribution in [0.5, 0.6) is 0 Å². The Hall–Kier alpha value is -0.610. The van der Waals surface area contributed by atoms with Gasteiger partial charge in [-0.3, -0.25) is 4.79 Å². The molecule has 0 aromatic carbocycles. The van der Waals surface area contributed by atoms with Gasteiger partial charge >= 0.3 is 5.97 Å². The highest BCUT2D eigenvalue weighted by atomic mass is 16.5. The van der Waals surface area contributed by atoms with Crippen molar-refractivity contribution < 1.29 is 14.2 Å². The Bertz CT molecular complexity index is 194. The third kappa shape index (κ3) is 3.27. The number of likely N-dealkylation sites (tertiary alicyclic amines) is 1. The summed E-state index contributed by atoms with van der Waals surface area (Å²) in [7, 11) is 1.66. The lowest BCUT2D eigenvalue weighted by Gasteiger charge is -2.43. The van der Waals surface area contributed by atoms with Gasteiger partial charge in [-0.15, -0.1) is 0 Å². The van der Waals surface area contributed by atoms with Gasteiger partial charge in [-0.2, -0.15) is 0 Å². The Kier molecular flexibility index (Phi) is 3.89. The fourth-order valence-electron chi connectivity index (χ4n) is 1.67. The molecule has 0 aromatic heterocycles. The van der Waals surface area contributed by atoms with Crippen LogP contribution in [0.1, 0.15) is 26.2 Å². The highest BCUT2D eigenvalue weighted by Gasteiger charge is 2.29. The predicted octanol–water partition coefficient (Wildman–Crippen LogP) is 1.29. The van der Waals surface area contributed by atoms with E-state index in [1.165, 1.54) is 0 Å². The summed E-state index contributed by atoms with van der Waals surface area (Å²) in [6.07, 6.45) is 2.19. The average Bonchev–Trinajstić information content (AvgIpc) is 2.14. The summed E-state index contributed by atoms with van der Waals surface area (Å²) in [6.45, 7) is 3.54. The Morgan fingerprint density at radius 1 is 1.50 bits per heavy atom. The molecule has 0 N–H and O–H groups in total. The van der Waals surface area contributed by atoms with Gasteiger partial charge in [0.15, 0.2) is 0 Å². The molecular weight excluding hydrogens is 182 g/mol. The normalized spacial score (nSPS) is 32.6. The fourth-order valence-corrected chi connectivity index (χ4v) is 1.67. The molecule has 1 fully saturated rings. The van der Waals surface area contributed by atoms with Gasteiger partial charge in [0, 0.05) is 12.8 Å². The fraction of sp³-hybridized carbons (Fsp3) is 0.900. The van der Waals surface area contributed by atoms with Crippen LogP contribution in [0, 0.1) is 11.1 Å². The molecule has 4 heteroatoms. The van der Waals surface area contributed by atoms with Crippen molar-refractivity contribution in [2.45, 2.75) is 26.2 Å². The molecule has 0 saturated carbocycles. The second-order valence-electron chi connectivity index (χ2n) is 4.19. The van der Waals surface area contributed by atoms with Crippen LogP contribution in [0.2, 0.25) is 0 Å². The summed E-state index contributed by atoms with van der Waals surface area (Å²) in [5.74, 6) is -0.159. The summed E-state index contributed by atoms with van der Waals surface area (Å²) >= 11 is 0. The minimum Gasteiger partial charge on any atom is -0.633 e. The molecular formula is C10H19NO3. The van der Waals surface area contributed by atoms with E-state index in [9.17, 15) is 10.0 Å². The van der Waals surface area contributed by atoms with Crippen LogP contribution in [-0.2, 0) is 9.53 Å². The number of ether oxygens (including phenoxy) is 1. The summed E-state index contributed by atoms with van der Waals surface area (Å²) in [5, 5.41) is 11.5. The quantitative estimate of drug-likeness (QED) is 0.393. The first kappa shape index (κ1) is 11.5. The molecule has 0 spiro atoms. The number of rotatable bonds is 3. The zero-order valence-corrected chi connectivity index (χ0v) is 8.99. The van der Waals surface area contributed by atoms with Gasteiger partial charge in [-0.1, -0.05) is 6.92 Å². The number of quaternary nitrogens is 1. The van der Waals surface area contributed by atoms with E-state index >= 15 is 0 Å². The Morgan fingerprint density at radius 2 is 2.07 bits per heavy atom. The monoisotopic (exact) mass is 201 g/mol. The van der Waals surface area contributed by atoms with E-state index in [1.807, 2.05) is 6.92 Å². The van der Waals surface area contributed by atoms with Gasteiger partial charge in [0.05, 0.1) is 32.7 Å². The number of carbonyl (C=O) groups is 1. The van der Waals surface area contributed by atoms with Crippen LogP contribution in [-0.4, -0.2) is 37.4 Å². The van der Waals surface area contributed by atoms with Crippen molar-refractivity contribution in [3.05, 3.63) is 5.21 Å². The SMILES string of the molecule is CCCOC(=O)C1CC[N+](C)([O-])CC1. The van der Waals surface area contributed by atoms with Crippen molar-refractivity contribution in [1.82, 2.24) is 0 Å². The number of hydroxylamine groups is 3. The maximum Gasteiger partial charge on any atom is 0.309 e. The van der Waals surface area contributed by atoms with Gasteiger partial charge in [-0.05, 0) is 6.42 Å². The number of piperidine rings is 1. The van der Waals surface area contributed by atoms with E-state index in [-0.39, 0.29) is 16.5 Å². The van der Waals surface area contributed by atoms with Crippen LogP contribution in [0.15, 0.2) is 0 Å². The first-order valence-corrected chi connectivity index (χ1v) is 5.27. The van der Waals surface area contributed by atoms with Gasteiger partial charge < -0.3 is 14.6 Å². The van der Waals surface area contributed by atoms with Crippen molar-refractivity contribution in [2.24, 2.45) is 5.92 Å². The maximum absolute atomic E-state index is 11.5. The van der Waals surface area contributed by atoms with Crippen molar-refractivity contribution in [3.8, 4) is 0 Å². The molecule has 1 aliphatic heterocycles. The van der Waals surface area contributed by atoms with Crippen LogP contribution < -0.4 is 0 Å². The van der Waals surface area contributed by atoms with Crippen molar-refractivity contribution in [1.29, 1.82) is 0 Å². The lowest BCUT2D eigenvalue weighted by Crippen LogP contribution is -2.46. The van der Waals surface area contributed by atoms with Crippen LogP contribution in [0.4, 0.5) is 0 Å². The minimum atomic E-state index is -0.211. The van der Waals surface area contributed by atoms with E-state index in [0.717, 1.165) is 6.42 Å². The molecule has 1 heterocycles. The molecule has 0 aromatic rings. The number of carbonyl (C=O) groups excluding carboxylic acids is 1. The van der Waals surface area contributed by atoms with Crippen LogP contribution in [0.3, 0.4) is 0 Å². The van der Waals surface area contributed by atoms with E-state index in [2.05, 4.69) is 0 Å². The van der Waals surface area contributed by atoms with Crippen molar-refractivity contribution in [3.63, 3.8) is 0 Å². The van der Waals surface area contributed by atoms with Crippen LogP contribution in [0.25, 0.3) is 0 Å². The van der Waals surface area contributed by atoms with E-state index < -0.39 is 0 Å². The molecule has 0 radical (unpaired) electrons. The summed E-state index contributed by atoms with van der Waals surface area (Å²) in [6, 6.07) is 0. The molecule has 1 aliphatic rings. The predicted molar refractivity (Wildman–Crippen MR) is 53.3 cm³/mol. The molecule has 0 bridgehead atoms. The molecule has 0 atom stereocenters. The number of nitrogens with zero attached hydrogens (tertiary/aromatic N) is 1. The first-order chi connectivity index (χ1) is 6.55. The Labute approximate surface area is 85.0 Å². The lowest BCUT2D eigenvalue weighted by molar-refractivity contribution is -0.866. The number of hydrogen-bond acceptors (Lipinski definition) is 3. The second-order valence-corrected chi connectivity index (χ2v) is 4.19. The zero-order valence-electron chi connectivity index (χ0n) is 8.99. The highest BCUT2D eigenvalue weighted by Crippen LogP contribution is 2.21. The zero-order chi connectivity index (χ0) is 10.6. The molecule has 14 heavy (non-hydrogen) atoms. The molecule has 1 saturated heterocycles. The first-order valence-electron chi connectivity index (χ1n) is 5.27. The summed E-state index contributed by atoms with van der Waals surface area (Å²) in [5.41, 5.74) is 0. The topological polar surface area (TPSA) is 49.4 Å². The van der Waals surface area contributed by atoms with E-state index in [4.69, 9.17) is 4.74 Å². The summed E-state index contributed by atoms with van der Waals surface area (Å²) < 4.78 is 4.84. The molecule has 0 unspecified atom stereocenters. The van der Waals surface area contributed by atoms with Crippen molar-refractivity contribution in [2.75, 3.05) is 26.7 Å². The maximum atomic E-state index is 11.5. The Morgan fingerprint density at radius 3 is 2.57 bits per heavy atom. The average molecular weight is 201 g/mol. The molecule has 0 aliphatic carbocycles. The smallest absolute Gasteiger partial charge is 0.309 e. The molecule has 82 valence electrons. The van der Waals surface area contributed by atoms with E-state index in [1.54, 1.807) is 7.05 Å².